The first-order chi connectivity index (χ1) is 8.56. The molecule has 1 fully saturated rings. The zero-order chi connectivity index (χ0) is 13.5. The molecule has 18 heavy (non-hydrogen) atoms. The van der Waals surface area contributed by atoms with Crippen LogP contribution in [0.2, 0.25) is 0 Å². The van der Waals surface area contributed by atoms with Crippen LogP contribution >= 0.6 is 0 Å². The number of amides is 2. The van der Waals surface area contributed by atoms with Crippen LogP contribution in [0.5, 0.6) is 0 Å². The van der Waals surface area contributed by atoms with Crippen LogP contribution in [0.15, 0.2) is 0 Å². The lowest BCUT2D eigenvalue weighted by Gasteiger charge is -2.36. The van der Waals surface area contributed by atoms with Crippen molar-refractivity contribution in [1.82, 2.24) is 15.1 Å². The van der Waals surface area contributed by atoms with E-state index in [0.29, 0.717) is 39.1 Å². The number of nitrogens with one attached hydrogen (secondary N) is 1. The number of piperazine rings is 1. The number of hydrogen-bond donors (Lipinski definition) is 2. The number of rotatable bonds is 4. The van der Waals surface area contributed by atoms with Crippen LogP contribution in [0.25, 0.3) is 0 Å². The number of hydrogen-bond acceptors (Lipinski definition) is 3. The van der Waals surface area contributed by atoms with Gasteiger partial charge in [-0.2, -0.15) is 0 Å². The number of terminal acetylenes is 1. The molecular formula is C12H19N3O3. The van der Waals surface area contributed by atoms with E-state index in [1.807, 2.05) is 4.90 Å². The third kappa shape index (κ3) is 3.93. The molecule has 0 radical (unpaired) electrons. The van der Waals surface area contributed by atoms with Crippen LogP contribution in [0, 0.1) is 12.3 Å². The highest BCUT2D eigenvalue weighted by Gasteiger charge is 2.26. The summed E-state index contributed by atoms with van der Waals surface area (Å²) in [5, 5.41) is 11.6. The fourth-order valence-electron chi connectivity index (χ4n) is 1.82. The Morgan fingerprint density at radius 1 is 1.39 bits per heavy atom. The second-order valence-electron chi connectivity index (χ2n) is 4.22. The fraction of sp³-hybridized carbons (Fsp3) is 0.667. The molecule has 0 aliphatic carbocycles. The molecule has 1 aliphatic heterocycles. The smallest absolute Gasteiger partial charge is 0.320 e. The van der Waals surface area contributed by atoms with E-state index in [4.69, 9.17) is 11.5 Å². The summed E-state index contributed by atoms with van der Waals surface area (Å²) in [7, 11) is 0. The first-order valence-electron chi connectivity index (χ1n) is 5.99. The van der Waals surface area contributed by atoms with Crippen molar-refractivity contribution in [3.8, 4) is 12.3 Å². The van der Waals surface area contributed by atoms with E-state index in [1.165, 1.54) is 0 Å². The van der Waals surface area contributed by atoms with Gasteiger partial charge < -0.3 is 15.3 Å². The Hall–Kier alpha value is -1.74. The summed E-state index contributed by atoms with van der Waals surface area (Å²) in [5.41, 5.74) is 0. The molecule has 0 aromatic rings. The van der Waals surface area contributed by atoms with E-state index < -0.39 is 12.0 Å². The third-order valence-corrected chi connectivity index (χ3v) is 3.05. The molecule has 1 heterocycles. The van der Waals surface area contributed by atoms with Gasteiger partial charge >= 0.3 is 12.0 Å². The molecule has 0 bridgehead atoms. The molecule has 6 heteroatoms. The molecule has 1 rings (SSSR count). The summed E-state index contributed by atoms with van der Waals surface area (Å²) in [5.74, 6) is 1.62. The number of urea groups is 1. The summed E-state index contributed by atoms with van der Waals surface area (Å²) >= 11 is 0. The van der Waals surface area contributed by atoms with E-state index in [0.717, 1.165) is 0 Å². The fourth-order valence-corrected chi connectivity index (χ4v) is 1.82. The minimum Gasteiger partial charge on any atom is -0.480 e. The van der Waals surface area contributed by atoms with Crippen LogP contribution in [-0.2, 0) is 4.79 Å². The normalized spacial score (nSPS) is 17.9. The van der Waals surface area contributed by atoms with Crippen LogP contribution in [-0.4, -0.2) is 65.7 Å². The van der Waals surface area contributed by atoms with E-state index >= 15 is 0 Å². The summed E-state index contributed by atoms with van der Waals surface area (Å²) in [6.45, 7) is 4.37. The Balaban J connectivity index is 2.33. The second-order valence-corrected chi connectivity index (χ2v) is 4.22. The maximum atomic E-state index is 11.7. The summed E-state index contributed by atoms with van der Waals surface area (Å²) in [6, 6.07) is -0.635. The Morgan fingerprint density at radius 2 is 2.00 bits per heavy atom. The van der Waals surface area contributed by atoms with E-state index in [9.17, 15) is 9.59 Å². The largest absolute Gasteiger partial charge is 0.480 e. The van der Waals surface area contributed by atoms with Gasteiger partial charge in [0.15, 0.2) is 0 Å². The second kappa shape index (κ2) is 6.87. The van der Waals surface area contributed by atoms with Gasteiger partial charge in [-0.25, -0.2) is 4.79 Å². The number of carboxylic acids is 1. The lowest BCUT2D eigenvalue weighted by molar-refractivity contribution is -0.143. The Kier molecular flexibility index (Phi) is 5.46. The molecule has 2 amide bonds. The molecule has 1 atom stereocenters. The lowest BCUT2D eigenvalue weighted by Crippen LogP contribution is -2.55. The maximum absolute atomic E-state index is 11.7. The summed E-state index contributed by atoms with van der Waals surface area (Å²) in [4.78, 5) is 26.1. The van der Waals surface area contributed by atoms with Crippen molar-refractivity contribution < 1.29 is 14.7 Å². The highest BCUT2D eigenvalue weighted by molar-refractivity contribution is 5.74. The monoisotopic (exact) mass is 253 g/mol. The lowest BCUT2D eigenvalue weighted by atomic mass is 10.2. The van der Waals surface area contributed by atoms with Crippen molar-refractivity contribution in [3.63, 3.8) is 0 Å². The molecule has 2 N–H and O–H groups in total. The van der Waals surface area contributed by atoms with Crippen molar-refractivity contribution in [3.05, 3.63) is 0 Å². The first-order valence-corrected chi connectivity index (χ1v) is 5.99. The highest BCUT2D eigenvalue weighted by atomic mass is 16.4. The molecule has 6 nitrogen and oxygen atoms in total. The third-order valence-electron chi connectivity index (χ3n) is 3.05. The summed E-state index contributed by atoms with van der Waals surface area (Å²) in [6.07, 6.45) is 5.61. The minimum atomic E-state index is -0.832. The van der Waals surface area contributed by atoms with Gasteiger partial charge in [0.2, 0.25) is 0 Å². The van der Waals surface area contributed by atoms with Gasteiger partial charge in [-0.3, -0.25) is 9.69 Å². The molecule has 0 spiro atoms. The van der Waals surface area contributed by atoms with Crippen molar-refractivity contribution >= 4 is 12.0 Å². The SMILES string of the molecule is C#CCCNC(=O)N1CCN(C(C)C(=O)O)CC1. The van der Waals surface area contributed by atoms with Crippen LogP contribution in [0.4, 0.5) is 4.79 Å². The van der Waals surface area contributed by atoms with Crippen LogP contribution in [0.3, 0.4) is 0 Å². The Morgan fingerprint density at radius 3 is 2.50 bits per heavy atom. The minimum absolute atomic E-state index is 0.132. The van der Waals surface area contributed by atoms with Gasteiger partial charge in [0.05, 0.1) is 0 Å². The maximum Gasteiger partial charge on any atom is 0.320 e. The van der Waals surface area contributed by atoms with Gasteiger partial charge in [-0.05, 0) is 6.92 Å². The average molecular weight is 253 g/mol. The van der Waals surface area contributed by atoms with E-state index in [2.05, 4.69) is 11.2 Å². The number of carbonyl (C=O) groups is 2. The van der Waals surface area contributed by atoms with Gasteiger partial charge in [0, 0.05) is 39.1 Å². The van der Waals surface area contributed by atoms with Gasteiger partial charge in [0.1, 0.15) is 6.04 Å². The zero-order valence-electron chi connectivity index (χ0n) is 10.6. The highest BCUT2D eigenvalue weighted by Crippen LogP contribution is 2.06. The van der Waals surface area contributed by atoms with Crippen molar-refractivity contribution in [2.24, 2.45) is 0 Å². The van der Waals surface area contributed by atoms with E-state index in [1.54, 1.807) is 11.8 Å². The van der Waals surface area contributed by atoms with Gasteiger partial charge in [-0.1, -0.05) is 0 Å². The van der Waals surface area contributed by atoms with Crippen molar-refractivity contribution in [2.45, 2.75) is 19.4 Å². The number of carbonyl (C=O) groups excluding carboxylic acids is 1. The zero-order valence-corrected chi connectivity index (χ0v) is 10.6. The summed E-state index contributed by atoms with van der Waals surface area (Å²) < 4.78 is 0. The average Bonchev–Trinajstić information content (AvgIpc) is 2.38. The topological polar surface area (TPSA) is 72.9 Å². The molecule has 0 aromatic heterocycles. The van der Waals surface area contributed by atoms with Crippen LogP contribution < -0.4 is 5.32 Å². The molecule has 0 aromatic carbocycles. The predicted octanol–water partition coefficient (Wildman–Crippen LogP) is -0.190. The van der Waals surface area contributed by atoms with Crippen molar-refractivity contribution in [2.75, 3.05) is 32.7 Å². The Labute approximate surface area is 107 Å². The molecule has 1 aliphatic rings. The predicted molar refractivity (Wildman–Crippen MR) is 67.1 cm³/mol. The van der Waals surface area contributed by atoms with Gasteiger partial charge in [-0.15, -0.1) is 12.3 Å². The number of aliphatic carboxylic acids is 1. The van der Waals surface area contributed by atoms with Crippen LogP contribution in [0.1, 0.15) is 13.3 Å². The Bertz CT molecular complexity index is 343. The van der Waals surface area contributed by atoms with E-state index in [-0.39, 0.29) is 6.03 Å². The number of nitrogens with zero attached hydrogens (tertiary/aromatic N) is 2. The molecule has 1 unspecified atom stereocenters. The standard InChI is InChI=1S/C12H19N3O3/c1-3-4-5-13-12(18)15-8-6-14(7-9-15)10(2)11(16)17/h1,10H,4-9H2,2H3,(H,13,18)(H,16,17). The molecule has 100 valence electrons. The van der Waals surface area contributed by atoms with Gasteiger partial charge in [0.25, 0.3) is 0 Å². The quantitative estimate of drug-likeness (QED) is 0.538. The molecule has 1 saturated heterocycles. The molecular weight excluding hydrogens is 234 g/mol. The molecule has 0 saturated carbocycles. The van der Waals surface area contributed by atoms with Crippen molar-refractivity contribution in [1.29, 1.82) is 0 Å². The number of carboxylic acid groups (broad SMARTS) is 1. The first kappa shape index (κ1) is 14.3.